The van der Waals surface area contributed by atoms with Crippen molar-refractivity contribution in [3.05, 3.63) is 22.4 Å². The van der Waals surface area contributed by atoms with E-state index in [1.165, 1.54) is 12.0 Å². The Morgan fingerprint density at radius 1 is 1.43 bits per heavy atom. The fraction of sp³-hybridized carbons (Fsp3) is 0.571. The molecule has 0 aliphatic heterocycles. The van der Waals surface area contributed by atoms with Crippen molar-refractivity contribution in [3.63, 3.8) is 0 Å². The lowest BCUT2D eigenvalue weighted by molar-refractivity contribution is -0.140. The van der Waals surface area contributed by atoms with Crippen LogP contribution in [0.2, 0.25) is 0 Å². The van der Waals surface area contributed by atoms with Crippen LogP contribution in [0, 0.1) is 0 Å². The van der Waals surface area contributed by atoms with Crippen molar-refractivity contribution >= 4 is 47.2 Å². The third-order valence-electron chi connectivity index (χ3n) is 2.81. The minimum atomic E-state index is -0.150. The molecule has 0 saturated carbocycles. The van der Waals surface area contributed by atoms with Crippen LogP contribution in [0.5, 0.6) is 0 Å². The SMILES string of the molecule is COC(=O)CCCCCN=C(N)NCCc1cccs1.I. The molecule has 1 rings (SSSR count). The molecule has 0 fully saturated rings. The van der Waals surface area contributed by atoms with Crippen LogP contribution in [0.15, 0.2) is 22.5 Å². The molecule has 1 heterocycles. The summed E-state index contributed by atoms with van der Waals surface area (Å²) in [4.78, 5) is 16.5. The number of aliphatic imine (C=N–C) groups is 1. The molecule has 0 amide bonds. The number of nitrogens with one attached hydrogen (secondary N) is 1. The van der Waals surface area contributed by atoms with Crippen molar-refractivity contribution in [3.8, 4) is 0 Å². The van der Waals surface area contributed by atoms with E-state index in [0.29, 0.717) is 18.9 Å². The number of esters is 1. The van der Waals surface area contributed by atoms with Crippen LogP contribution in [0.25, 0.3) is 0 Å². The van der Waals surface area contributed by atoms with E-state index >= 15 is 0 Å². The number of hydrogen-bond acceptors (Lipinski definition) is 4. The summed E-state index contributed by atoms with van der Waals surface area (Å²) >= 11 is 1.75. The molecule has 120 valence electrons. The van der Waals surface area contributed by atoms with Crippen LogP contribution in [0.4, 0.5) is 0 Å². The Morgan fingerprint density at radius 3 is 2.90 bits per heavy atom. The summed E-state index contributed by atoms with van der Waals surface area (Å²) in [5, 5.41) is 5.17. The van der Waals surface area contributed by atoms with Gasteiger partial charge < -0.3 is 15.8 Å². The average Bonchev–Trinajstić information content (AvgIpc) is 2.95. The highest BCUT2D eigenvalue weighted by molar-refractivity contribution is 14.0. The third kappa shape index (κ3) is 10.5. The second-order valence-corrected chi connectivity index (χ2v) is 5.44. The van der Waals surface area contributed by atoms with Gasteiger partial charge in [-0.1, -0.05) is 12.5 Å². The van der Waals surface area contributed by atoms with Gasteiger partial charge in [0.1, 0.15) is 0 Å². The maximum Gasteiger partial charge on any atom is 0.305 e. The highest BCUT2D eigenvalue weighted by Gasteiger charge is 1.99. The summed E-state index contributed by atoms with van der Waals surface area (Å²) in [6, 6.07) is 4.16. The molecule has 5 nitrogen and oxygen atoms in total. The molecule has 0 bridgehead atoms. The minimum Gasteiger partial charge on any atom is -0.469 e. The summed E-state index contributed by atoms with van der Waals surface area (Å²) in [5.74, 6) is 0.345. The third-order valence-corrected chi connectivity index (χ3v) is 3.74. The molecule has 0 radical (unpaired) electrons. The standard InChI is InChI=1S/C14H23N3O2S.HI/c1-19-13(18)7-3-2-4-9-16-14(15)17-10-8-12-6-5-11-20-12;/h5-6,11H,2-4,7-10H2,1H3,(H3,15,16,17);1H. The number of carbonyl (C=O) groups is 1. The quantitative estimate of drug-likeness (QED) is 0.210. The van der Waals surface area contributed by atoms with Gasteiger partial charge in [-0.2, -0.15) is 0 Å². The Bertz CT molecular complexity index is 410. The van der Waals surface area contributed by atoms with Gasteiger partial charge in [0.15, 0.2) is 5.96 Å². The first-order valence-electron chi connectivity index (χ1n) is 6.85. The van der Waals surface area contributed by atoms with Gasteiger partial charge in [-0.3, -0.25) is 9.79 Å². The second kappa shape index (κ2) is 12.9. The van der Waals surface area contributed by atoms with Crippen molar-refractivity contribution in [2.24, 2.45) is 10.7 Å². The van der Waals surface area contributed by atoms with Gasteiger partial charge in [-0.25, -0.2) is 0 Å². The number of guanidine groups is 1. The molecule has 0 atom stereocenters. The fourth-order valence-electron chi connectivity index (χ4n) is 1.68. The molecule has 0 spiro atoms. The number of thiophene rings is 1. The summed E-state index contributed by atoms with van der Waals surface area (Å²) in [5.41, 5.74) is 5.77. The lowest BCUT2D eigenvalue weighted by Gasteiger charge is -2.04. The summed E-state index contributed by atoms with van der Waals surface area (Å²) in [6.07, 6.45) is 4.18. The lowest BCUT2D eigenvalue weighted by atomic mass is 10.2. The van der Waals surface area contributed by atoms with Crippen molar-refractivity contribution in [1.82, 2.24) is 5.32 Å². The highest BCUT2D eigenvalue weighted by atomic mass is 127. The Morgan fingerprint density at radius 2 is 2.24 bits per heavy atom. The summed E-state index contributed by atoms with van der Waals surface area (Å²) in [7, 11) is 1.41. The van der Waals surface area contributed by atoms with Gasteiger partial charge in [0, 0.05) is 24.4 Å². The molecular formula is C14H24IN3O2S. The topological polar surface area (TPSA) is 76.7 Å². The predicted octanol–water partition coefficient (Wildman–Crippen LogP) is 2.55. The zero-order valence-electron chi connectivity index (χ0n) is 12.3. The van der Waals surface area contributed by atoms with Gasteiger partial charge in [-0.05, 0) is 30.7 Å². The Hall–Kier alpha value is -0.830. The number of nitrogens with zero attached hydrogens (tertiary/aromatic N) is 1. The molecule has 3 N–H and O–H groups in total. The monoisotopic (exact) mass is 425 g/mol. The second-order valence-electron chi connectivity index (χ2n) is 4.41. The number of methoxy groups -OCH3 is 1. The highest BCUT2D eigenvalue weighted by Crippen LogP contribution is 2.07. The largest absolute Gasteiger partial charge is 0.469 e. The van der Waals surface area contributed by atoms with Crippen LogP contribution >= 0.6 is 35.3 Å². The number of rotatable bonds is 9. The number of carbonyl (C=O) groups excluding carboxylic acids is 1. The van der Waals surface area contributed by atoms with Crippen molar-refractivity contribution in [2.45, 2.75) is 32.1 Å². The number of hydrogen-bond donors (Lipinski definition) is 2. The van der Waals surface area contributed by atoms with E-state index in [9.17, 15) is 4.79 Å². The fourth-order valence-corrected chi connectivity index (χ4v) is 2.39. The Labute approximate surface area is 147 Å². The number of ether oxygens (including phenoxy) is 1. The molecule has 0 aromatic carbocycles. The molecule has 0 aliphatic rings. The molecular weight excluding hydrogens is 401 g/mol. The van der Waals surface area contributed by atoms with Crippen LogP contribution in [0.3, 0.4) is 0 Å². The normalized spacial score (nSPS) is 10.8. The van der Waals surface area contributed by atoms with Gasteiger partial charge in [0.25, 0.3) is 0 Å². The molecule has 0 aliphatic carbocycles. The summed E-state index contributed by atoms with van der Waals surface area (Å²) < 4.78 is 4.57. The molecule has 21 heavy (non-hydrogen) atoms. The molecule has 0 saturated heterocycles. The van der Waals surface area contributed by atoms with Crippen LogP contribution in [0.1, 0.15) is 30.6 Å². The lowest BCUT2D eigenvalue weighted by Crippen LogP contribution is -2.33. The van der Waals surface area contributed by atoms with E-state index in [4.69, 9.17) is 5.73 Å². The summed E-state index contributed by atoms with van der Waals surface area (Å²) in [6.45, 7) is 1.50. The Balaban J connectivity index is 0.00000400. The minimum absolute atomic E-state index is 0. The first kappa shape index (κ1) is 20.2. The van der Waals surface area contributed by atoms with Gasteiger partial charge in [0.05, 0.1) is 7.11 Å². The first-order valence-corrected chi connectivity index (χ1v) is 7.73. The number of nitrogens with two attached hydrogens (primary N) is 1. The van der Waals surface area contributed by atoms with Crippen molar-refractivity contribution < 1.29 is 9.53 Å². The van der Waals surface area contributed by atoms with Crippen molar-refractivity contribution in [1.29, 1.82) is 0 Å². The maximum atomic E-state index is 10.9. The zero-order valence-corrected chi connectivity index (χ0v) is 15.5. The van der Waals surface area contributed by atoms with E-state index in [0.717, 1.165) is 32.2 Å². The van der Waals surface area contributed by atoms with E-state index < -0.39 is 0 Å². The number of unbranched alkanes of at least 4 members (excludes halogenated alkanes) is 2. The van der Waals surface area contributed by atoms with Crippen molar-refractivity contribution in [2.75, 3.05) is 20.2 Å². The van der Waals surface area contributed by atoms with Gasteiger partial charge >= 0.3 is 5.97 Å². The van der Waals surface area contributed by atoms with E-state index in [1.807, 2.05) is 6.07 Å². The van der Waals surface area contributed by atoms with Crippen LogP contribution in [-0.4, -0.2) is 32.1 Å². The van der Waals surface area contributed by atoms with Gasteiger partial charge in [0.2, 0.25) is 0 Å². The van der Waals surface area contributed by atoms with Crippen LogP contribution in [-0.2, 0) is 16.0 Å². The Kier molecular flexibility index (Phi) is 12.4. The molecule has 0 unspecified atom stereocenters. The molecule has 7 heteroatoms. The van der Waals surface area contributed by atoms with E-state index in [2.05, 4.69) is 26.5 Å². The van der Waals surface area contributed by atoms with Crippen LogP contribution < -0.4 is 11.1 Å². The molecule has 1 aromatic heterocycles. The van der Waals surface area contributed by atoms with E-state index in [1.54, 1.807) is 11.3 Å². The smallest absolute Gasteiger partial charge is 0.305 e. The predicted molar refractivity (Wildman–Crippen MR) is 98.4 cm³/mol. The zero-order chi connectivity index (χ0) is 14.6. The first-order chi connectivity index (χ1) is 9.72. The average molecular weight is 425 g/mol. The number of halogens is 1. The van der Waals surface area contributed by atoms with Gasteiger partial charge in [-0.15, -0.1) is 35.3 Å². The maximum absolute atomic E-state index is 10.9. The van der Waals surface area contributed by atoms with E-state index in [-0.39, 0.29) is 29.9 Å². The molecule has 1 aromatic rings.